The van der Waals surface area contributed by atoms with E-state index in [2.05, 4.69) is 0 Å². The monoisotopic (exact) mass is 214 g/mol. The van der Waals surface area contributed by atoms with E-state index in [-0.39, 0.29) is 23.6 Å². The molecule has 0 aliphatic carbocycles. The number of Topliss-reactive ketones (excluding diaryl/α,β-unsaturated/α-hetero) is 1. The average Bonchev–Trinajstić information content (AvgIpc) is 2.21. The van der Waals surface area contributed by atoms with Crippen LogP contribution in [0.2, 0.25) is 0 Å². The number of carbonyl (C=O) groups excluding carboxylic acids is 2. The first-order valence-electron chi connectivity index (χ1n) is 5.69. The molecule has 0 saturated heterocycles. The number of carbonyl (C=O) groups is 2. The van der Waals surface area contributed by atoms with Crippen molar-refractivity contribution in [1.29, 1.82) is 0 Å². The van der Waals surface area contributed by atoms with Gasteiger partial charge in [0.1, 0.15) is 5.78 Å². The molecule has 0 aliphatic heterocycles. The maximum atomic E-state index is 11.4. The molecule has 0 heterocycles. The lowest BCUT2D eigenvalue weighted by atomic mass is 9.91. The smallest absolute Gasteiger partial charge is 0.308 e. The molecule has 0 N–H and O–H groups in total. The fourth-order valence-corrected chi connectivity index (χ4v) is 1.49. The van der Waals surface area contributed by atoms with Gasteiger partial charge in [-0.3, -0.25) is 9.59 Å². The van der Waals surface area contributed by atoms with E-state index < -0.39 is 0 Å². The molecule has 0 rings (SSSR count). The fraction of sp³-hybridized carbons (Fsp3) is 0.833. The molecule has 0 aliphatic rings. The molecule has 0 saturated carbocycles. The molecule has 0 bridgehead atoms. The molecule has 3 nitrogen and oxygen atoms in total. The summed E-state index contributed by atoms with van der Waals surface area (Å²) in [6, 6.07) is 0. The lowest BCUT2D eigenvalue weighted by molar-refractivity contribution is -0.148. The largest absolute Gasteiger partial charge is 0.465 e. The Bertz CT molecular complexity index is 211. The topological polar surface area (TPSA) is 43.4 Å². The van der Waals surface area contributed by atoms with Crippen LogP contribution in [0.15, 0.2) is 0 Å². The third-order valence-corrected chi connectivity index (χ3v) is 2.56. The highest BCUT2D eigenvalue weighted by atomic mass is 16.5. The fourth-order valence-electron chi connectivity index (χ4n) is 1.49. The second-order valence-electron chi connectivity index (χ2n) is 4.02. The summed E-state index contributed by atoms with van der Waals surface area (Å²) >= 11 is 0. The van der Waals surface area contributed by atoms with E-state index in [9.17, 15) is 9.59 Å². The molecule has 0 aromatic rings. The Hall–Kier alpha value is -0.860. The SMILES string of the molecule is CCCOC(=O)C(C)CC(CC)C(C)=O. The Morgan fingerprint density at radius 1 is 1.27 bits per heavy atom. The second-order valence-corrected chi connectivity index (χ2v) is 4.02. The van der Waals surface area contributed by atoms with Crippen molar-refractivity contribution in [2.24, 2.45) is 11.8 Å². The Morgan fingerprint density at radius 2 is 1.87 bits per heavy atom. The minimum Gasteiger partial charge on any atom is -0.465 e. The third-order valence-electron chi connectivity index (χ3n) is 2.56. The second kappa shape index (κ2) is 7.43. The zero-order valence-corrected chi connectivity index (χ0v) is 10.2. The van der Waals surface area contributed by atoms with Crippen molar-refractivity contribution >= 4 is 11.8 Å². The molecule has 0 aromatic carbocycles. The van der Waals surface area contributed by atoms with Gasteiger partial charge in [0.25, 0.3) is 0 Å². The molecule has 0 radical (unpaired) electrons. The Balaban J connectivity index is 4.04. The van der Waals surface area contributed by atoms with Crippen LogP contribution < -0.4 is 0 Å². The minimum absolute atomic E-state index is 0.00539. The minimum atomic E-state index is -0.184. The summed E-state index contributed by atoms with van der Waals surface area (Å²) in [6.45, 7) is 7.81. The van der Waals surface area contributed by atoms with Gasteiger partial charge >= 0.3 is 5.97 Å². The van der Waals surface area contributed by atoms with E-state index in [0.29, 0.717) is 13.0 Å². The number of esters is 1. The highest BCUT2D eigenvalue weighted by molar-refractivity contribution is 5.79. The van der Waals surface area contributed by atoms with E-state index in [1.54, 1.807) is 6.92 Å². The first kappa shape index (κ1) is 14.1. The lowest BCUT2D eigenvalue weighted by Crippen LogP contribution is -2.21. The molecular weight excluding hydrogens is 192 g/mol. The van der Waals surface area contributed by atoms with E-state index in [4.69, 9.17) is 4.74 Å². The molecule has 15 heavy (non-hydrogen) atoms. The highest BCUT2D eigenvalue weighted by Crippen LogP contribution is 2.17. The Morgan fingerprint density at radius 3 is 2.27 bits per heavy atom. The van der Waals surface area contributed by atoms with Crippen LogP contribution in [0.3, 0.4) is 0 Å². The maximum absolute atomic E-state index is 11.4. The maximum Gasteiger partial charge on any atom is 0.308 e. The number of hydrogen-bond donors (Lipinski definition) is 0. The van der Waals surface area contributed by atoms with Crippen LogP contribution in [0.1, 0.15) is 47.0 Å². The van der Waals surface area contributed by atoms with Crippen LogP contribution in [-0.2, 0) is 14.3 Å². The van der Waals surface area contributed by atoms with Gasteiger partial charge in [-0.25, -0.2) is 0 Å². The number of rotatable bonds is 7. The van der Waals surface area contributed by atoms with Crippen molar-refractivity contribution in [2.45, 2.75) is 47.0 Å². The van der Waals surface area contributed by atoms with Crippen LogP contribution in [-0.4, -0.2) is 18.4 Å². The average molecular weight is 214 g/mol. The molecule has 88 valence electrons. The van der Waals surface area contributed by atoms with Crippen LogP contribution in [0.25, 0.3) is 0 Å². The molecule has 3 heteroatoms. The van der Waals surface area contributed by atoms with Crippen molar-refractivity contribution < 1.29 is 14.3 Å². The highest BCUT2D eigenvalue weighted by Gasteiger charge is 2.21. The van der Waals surface area contributed by atoms with E-state index in [1.807, 2.05) is 20.8 Å². The summed E-state index contributed by atoms with van der Waals surface area (Å²) in [4.78, 5) is 22.6. The van der Waals surface area contributed by atoms with Crippen LogP contribution in [0, 0.1) is 11.8 Å². The van der Waals surface area contributed by atoms with Crippen LogP contribution in [0.4, 0.5) is 0 Å². The quantitative estimate of drug-likeness (QED) is 0.612. The van der Waals surface area contributed by atoms with Gasteiger partial charge in [-0.15, -0.1) is 0 Å². The van der Waals surface area contributed by atoms with E-state index >= 15 is 0 Å². The van der Waals surface area contributed by atoms with Crippen LogP contribution >= 0.6 is 0 Å². The zero-order chi connectivity index (χ0) is 11.8. The molecular formula is C12H22O3. The molecule has 0 amide bonds. The van der Waals surface area contributed by atoms with Gasteiger partial charge in [0, 0.05) is 5.92 Å². The Kier molecular flexibility index (Phi) is 7.01. The van der Waals surface area contributed by atoms with Crippen molar-refractivity contribution in [3.63, 3.8) is 0 Å². The molecule has 0 fully saturated rings. The van der Waals surface area contributed by atoms with Gasteiger partial charge in [-0.2, -0.15) is 0 Å². The summed E-state index contributed by atoms with van der Waals surface area (Å²) < 4.78 is 5.03. The van der Waals surface area contributed by atoms with Gasteiger partial charge in [-0.05, 0) is 26.2 Å². The summed E-state index contributed by atoms with van der Waals surface area (Å²) in [5, 5.41) is 0. The normalized spacial score (nSPS) is 14.4. The molecule has 2 unspecified atom stereocenters. The standard InChI is InChI=1S/C12H22O3/c1-5-7-15-12(14)9(3)8-11(6-2)10(4)13/h9,11H,5-8H2,1-4H3. The van der Waals surface area contributed by atoms with Crippen LogP contribution in [0.5, 0.6) is 0 Å². The molecule has 2 atom stereocenters. The number of hydrogen-bond acceptors (Lipinski definition) is 3. The van der Waals surface area contributed by atoms with Crippen molar-refractivity contribution in [3.8, 4) is 0 Å². The van der Waals surface area contributed by atoms with Crippen molar-refractivity contribution in [3.05, 3.63) is 0 Å². The van der Waals surface area contributed by atoms with Crippen molar-refractivity contribution in [1.82, 2.24) is 0 Å². The summed E-state index contributed by atoms with van der Waals surface area (Å²) in [7, 11) is 0. The van der Waals surface area contributed by atoms with Gasteiger partial charge in [0.15, 0.2) is 0 Å². The van der Waals surface area contributed by atoms with Crippen molar-refractivity contribution in [2.75, 3.05) is 6.61 Å². The van der Waals surface area contributed by atoms with E-state index in [1.165, 1.54) is 0 Å². The predicted octanol–water partition coefficient (Wildman–Crippen LogP) is 2.58. The molecule has 0 aromatic heterocycles. The first-order valence-corrected chi connectivity index (χ1v) is 5.69. The first-order chi connectivity index (χ1) is 7.02. The van der Waals surface area contributed by atoms with E-state index in [0.717, 1.165) is 12.8 Å². The number of ether oxygens (including phenoxy) is 1. The summed E-state index contributed by atoms with van der Waals surface area (Å²) in [5.74, 6) is -0.205. The molecule has 0 spiro atoms. The lowest BCUT2D eigenvalue weighted by Gasteiger charge is -2.16. The predicted molar refractivity (Wildman–Crippen MR) is 59.5 cm³/mol. The summed E-state index contributed by atoms with van der Waals surface area (Å²) in [5.41, 5.74) is 0. The third kappa shape index (κ3) is 5.55. The summed E-state index contributed by atoms with van der Waals surface area (Å²) in [6.07, 6.45) is 2.23. The Labute approximate surface area is 92.2 Å². The number of ketones is 1. The van der Waals surface area contributed by atoms with Gasteiger partial charge < -0.3 is 4.74 Å². The van der Waals surface area contributed by atoms with Gasteiger partial charge in [0.2, 0.25) is 0 Å². The zero-order valence-electron chi connectivity index (χ0n) is 10.2. The van der Waals surface area contributed by atoms with Gasteiger partial charge in [0.05, 0.1) is 12.5 Å². The van der Waals surface area contributed by atoms with Gasteiger partial charge in [-0.1, -0.05) is 20.8 Å².